The van der Waals surface area contributed by atoms with Gasteiger partial charge >= 0.3 is 0 Å². The number of thiophene rings is 1. The fraction of sp³-hybridized carbons (Fsp3) is 0.312. The van der Waals surface area contributed by atoms with Gasteiger partial charge in [0, 0.05) is 22.0 Å². The van der Waals surface area contributed by atoms with Crippen molar-refractivity contribution in [2.45, 2.75) is 33.4 Å². The summed E-state index contributed by atoms with van der Waals surface area (Å²) in [6, 6.07) is 11.8. The number of carbonyl (C=O) groups is 1. The fourth-order valence-electron chi connectivity index (χ4n) is 1.81. The maximum absolute atomic E-state index is 12.1. The van der Waals surface area contributed by atoms with E-state index in [0.717, 1.165) is 12.2 Å². The van der Waals surface area contributed by atoms with Gasteiger partial charge in [0.15, 0.2) is 0 Å². The Labute approximate surface area is 124 Å². The van der Waals surface area contributed by atoms with Crippen molar-refractivity contribution in [1.29, 1.82) is 0 Å². The third kappa shape index (κ3) is 4.18. The lowest BCUT2D eigenvalue weighted by Crippen LogP contribution is -2.37. The molecule has 106 valence electrons. The van der Waals surface area contributed by atoms with E-state index in [2.05, 4.69) is 29.7 Å². The van der Waals surface area contributed by atoms with Crippen LogP contribution in [-0.4, -0.2) is 11.9 Å². The molecule has 1 aromatic carbocycles. The normalized spacial score (nSPS) is 12.2. The van der Waals surface area contributed by atoms with E-state index < -0.39 is 0 Å². The van der Waals surface area contributed by atoms with E-state index in [-0.39, 0.29) is 11.9 Å². The quantitative estimate of drug-likeness (QED) is 0.884. The average molecular weight is 288 g/mol. The van der Waals surface area contributed by atoms with Crippen molar-refractivity contribution >= 4 is 22.9 Å². The molecule has 0 saturated heterocycles. The number of anilines is 1. The SMILES string of the molecule is Cc1ccc(NC(=O)C(C)NCc2ccc(C)s2)cc1. The topological polar surface area (TPSA) is 41.1 Å². The number of carbonyl (C=O) groups excluding carboxylic acids is 1. The smallest absolute Gasteiger partial charge is 0.241 e. The lowest BCUT2D eigenvalue weighted by Gasteiger charge is -2.13. The largest absolute Gasteiger partial charge is 0.325 e. The van der Waals surface area contributed by atoms with Crippen LogP contribution in [0.4, 0.5) is 5.69 Å². The van der Waals surface area contributed by atoms with Gasteiger partial charge in [0.2, 0.25) is 5.91 Å². The molecule has 1 unspecified atom stereocenters. The molecule has 3 nitrogen and oxygen atoms in total. The van der Waals surface area contributed by atoms with Gasteiger partial charge < -0.3 is 10.6 Å². The Morgan fingerprint density at radius 2 is 1.85 bits per heavy atom. The van der Waals surface area contributed by atoms with E-state index in [1.807, 2.05) is 38.1 Å². The Morgan fingerprint density at radius 3 is 2.45 bits per heavy atom. The molecule has 0 aliphatic rings. The number of hydrogen-bond acceptors (Lipinski definition) is 3. The van der Waals surface area contributed by atoms with Gasteiger partial charge in [-0.25, -0.2) is 0 Å². The van der Waals surface area contributed by atoms with Crippen molar-refractivity contribution in [2.24, 2.45) is 0 Å². The summed E-state index contributed by atoms with van der Waals surface area (Å²) in [7, 11) is 0. The standard InChI is InChI=1S/C16H20N2OS/c1-11-4-7-14(8-5-11)18-16(19)13(3)17-10-15-9-6-12(2)20-15/h4-9,13,17H,10H2,1-3H3,(H,18,19). The molecule has 2 aromatic rings. The molecular weight excluding hydrogens is 268 g/mol. The Bertz CT molecular complexity index is 574. The molecule has 4 heteroatoms. The molecular formula is C16H20N2OS. The van der Waals surface area contributed by atoms with E-state index >= 15 is 0 Å². The summed E-state index contributed by atoms with van der Waals surface area (Å²) in [5.74, 6) is -0.0119. The molecule has 1 aromatic heterocycles. The van der Waals surface area contributed by atoms with E-state index in [1.54, 1.807) is 11.3 Å². The number of aryl methyl sites for hydroxylation is 2. The molecule has 0 radical (unpaired) electrons. The number of amides is 1. The van der Waals surface area contributed by atoms with Gasteiger partial charge in [-0.05, 0) is 45.0 Å². The number of hydrogen-bond donors (Lipinski definition) is 2. The lowest BCUT2D eigenvalue weighted by atomic mass is 10.2. The van der Waals surface area contributed by atoms with Crippen molar-refractivity contribution < 1.29 is 4.79 Å². The van der Waals surface area contributed by atoms with Crippen LogP contribution in [0.5, 0.6) is 0 Å². The van der Waals surface area contributed by atoms with Crippen LogP contribution < -0.4 is 10.6 Å². The predicted octanol–water partition coefficient (Wildman–Crippen LogP) is 3.48. The molecule has 2 N–H and O–H groups in total. The fourth-order valence-corrected chi connectivity index (χ4v) is 2.66. The maximum Gasteiger partial charge on any atom is 0.241 e. The highest BCUT2D eigenvalue weighted by Gasteiger charge is 2.12. The molecule has 1 amide bonds. The first-order valence-electron chi connectivity index (χ1n) is 6.71. The Kier molecular flexibility index (Phi) is 4.93. The first kappa shape index (κ1) is 14.8. The third-order valence-electron chi connectivity index (χ3n) is 3.09. The van der Waals surface area contributed by atoms with E-state index in [1.165, 1.54) is 15.3 Å². The minimum atomic E-state index is -0.223. The van der Waals surface area contributed by atoms with Crippen molar-refractivity contribution in [3.63, 3.8) is 0 Å². The van der Waals surface area contributed by atoms with Gasteiger partial charge in [0.1, 0.15) is 0 Å². The number of nitrogens with one attached hydrogen (secondary N) is 2. The van der Waals surface area contributed by atoms with E-state index in [4.69, 9.17) is 0 Å². The van der Waals surface area contributed by atoms with Crippen LogP contribution in [0.1, 0.15) is 22.2 Å². The zero-order chi connectivity index (χ0) is 14.5. The number of benzene rings is 1. The van der Waals surface area contributed by atoms with Gasteiger partial charge in [-0.1, -0.05) is 17.7 Å². The summed E-state index contributed by atoms with van der Waals surface area (Å²) in [6.45, 7) is 6.71. The van der Waals surface area contributed by atoms with E-state index in [0.29, 0.717) is 0 Å². The van der Waals surface area contributed by atoms with Gasteiger partial charge in [-0.15, -0.1) is 11.3 Å². The third-order valence-corrected chi connectivity index (χ3v) is 4.09. The van der Waals surface area contributed by atoms with Crippen molar-refractivity contribution in [3.05, 3.63) is 51.7 Å². The van der Waals surface area contributed by atoms with Crippen molar-refractivity contribution in [1.82, 2.24) is 5.32 Å². The zero-order valence-electron chi connectivity index (χ0n) is 12.1. The molecule has 1 atom stereocenters. The molecule has 0 bridgehead atoms. The summed E-state index contributed by atoms with van der Waals surface area (Å²) in [5, 5.41) is 6.15. The predicted molar refractivity (Wildman–Crippen MR) is 85.2 cm³/mol. The summed E-state index contributed by atoms with van der Waals surface area (Å²) in [4.78, 5) is 14.6. The molecule has 1 heterocycles. The minimum Gasteiger partial charge on any atom is -0.325 e. The van der Waals surface area contributed by atoms with Crippen LogP contribution in [0.25, 0.3) is 0 Å². The second-order valence-electron chi connectivity index (χ2n) is 4.97. The van der Waals surface area contributed by atoms with Crippen LogP contribution in [0, 0.1) is 13.8 Å². The summed E-state index contributed by atoms with van der Waals surface area (Å²) < 4.78 is 0. The molecule has 2 rings (SSSR count). The number of rotatable bonds is 5. The lowest BCUT2D eigenvalue weighted by molar-refractivity contribution is -0.117. The van der Waals surface area contributed by atoms with Gasteiger partial charge in [-0.2, -0.15) is 0 Å². The minimum absolute atomic E-state index is 0.0119. The summed E-state index contributed by atoms with van der Waals surface area (Å²) in [5.41, 5.74) is 2.02. The molecule has 20 heavy (non-hydrogen) atoms. The van der Waals surface area contributed by atoms with Crippen LogP contribution >= 0.6 is 11.3 Å². The van der Waals surface area contributed by atoms with Gasteiger partial charge in [-0.3, -0.25) is 4.79 Å². The van der Waals surface area contributed by atoms with Gasteiger partial charge in [0.25, 0.3) is 0 Å². The second kappa shape index (κ2) is 6.68. The molecule has 0 aliphatic carbocycles. The van der Waals surface area contributed by atoms with Crippen molar-refractivity contribution in [2.75, 3.05) is 5.32 Å². The van der Waals surface area contributed by atoms with Gasteiger partial charge in [0.05, 0.1) is 6.04 Å². The molecule has 0 spiro atoms. The summed E-state index contributed by atoms with van der Waals surface area (Å²) >= 11 is 1.75. The van der Waals surface area contributed by atoms with E-state index in [9.17, 15) is 4.79 Å². The first-order chi connectivity index (χ1) is 9.54. The Balaban J connectivity index is 1.84. The summed E-state index contributed by atoms with van der Waals surface area (Å²) in [6.07, 6.45) is 0. The Hall–Kier alpha value is -1.65. The Morgan fingerprint density at radius 1 is 1.15 bits per heavy atom. The van der Waals surface area contributed by atoms with Crippen LogP contribution in [-0.2, 0) is 11.3 Å². The average Bonchev–Trinajstić information content (AvgIpc) is 2.84. The van der Waals surface area contributed by atoms with Crippen LogP contribution in [0.3, 0.4) is 0 Å². The monoisotopic (exact) mass is 288 g/mol. The molecule has 0 saturated carbocycles. The molecule has 0 fully saturated rings. The van der Waals surface area contributed by atoms with Crippen LogP contribution in [0.15, 0.2) is 36.4 Å². The van der Waals surface area contributed by atoms with Crippen molar-refractivity contribution in [3.8, 4) is 0 Å². The van der Waals surface area contributed by atoms with Crippen LogP contribution in [0.2, 0.25) is 0 Å². The highest BCUT2D eigenvalue weighted by Crippen LogP contribution is 2.15. The highest BCUT2D eigenvalue weighted by molar-refractivity contribution is 7.11. The highest BCUT2D eigenvalue weighted by atomic mass is 32.1. The molecule has 0 aliphatic heterocycles. The maximum atomic E-state index is 12.1. The first-order valence-corrected chi connectivity index (χ1v) is 7.52. The zero-order valence-corrected chi connectivity index (χ0v) is 12.9. The second-order valence-corrected chi connectivity index (χ2v) is 6.34.